The van der Waals surface area contributed by atoms with Crippen molar-refractivity contribution in [3.63, 3.8) is 0 Å². The van der Waals surface area contributed by atoms with E-state index in [0.717, 1.165) is 94.1 Å². The van der Waals surface area contributed by atoms with Crippen LogP contribution in [0.4, 0.5) is 4.79 Å². The number of ketones is 1. The number of methoxy groups -OCH3 is 1. The molecule has 3 saturated heterocycles. The number of phenols is 1. The first-order valence-electron chi connectivity index (χ1n) is 22.2. The van der Waals surface area contributed by atoms with E-state index in [-0.39, 0.29) is 29.1 Å². The summed E-state index contributed by atoms with van der Waals surface area (Å²) < 4.78 is 18.8. The Labute approximate surface area is 363 Å². The summed E-state index contributed by atoms with van der Waals surface area (Å²) >= 11 is 0. The number of carbonyl (C=O) groups excluding carboxylic acids is 2. The van der Waals surface area contributed by atoms with Crippen LogP contribution in [-0.4, -0.2) is 90.6 Å². The minimum Gasteiger partial charge on any atom is -0.506 e. The van der Waals surface area contributed by atoms with Crippen LogP contribution in [0.5, 0.6) is 17.2 Å². The smallest absolute Gasteiger partial charge is 0.408 e. The number of quaternary nitrogens is 1. The minimum atomic E-state index is -0.763. The van der Waals surface area contributed by atoms with Gasteiger partial charge in [-0.15, -0.1) is 0 Å². The molecule has 3 fully saturated rings. The molecule has 1 amide bonds. The molecule has 328 valence electrons. The maximum Gasteiger partial charge on any atom is 0.408 e. The molecule has 12 nitrogen and oxygen atoms in total. The number of aliphatic hydroxyl groups is 1. The average Bonchev–Trinajstić information content (AvgIpc) is 3.29. The average molecular weight is 846 g/mol. The summed E-state index contributed by atoms with van der Waals surface area (Å²) in [7, 11) is 1.63. The molecule has 3 aliphatic rings. The van der Waals surface area contributed by atoms with Crippen LogP contribution in [0.1, 0.15) is 97.0 Å². The number of phenolic OH excluding ortho intramolecular Hbond substituents is 1. The Bertz CT molecular complexity index is 2290. The van der Waals surface area contributed by atoms with E-state index in [1.807, 2.05) is 78.9 Å². The van der Waals surface area contributed by atoms with E-state index in [9.17, 15) is 24.6 Å². The number of ether oxygens (including phenoxy) is 3. The zero-order chi connectivity index (χ0) is 43.3. The number of amides is 1. The van der Waals surface area contributed by atoms with E-state index in [1.54, 1.807) is 19.2 Å². The Balaban J connectivity index is 0.841. The van der Waals surface area contributed by atoms with Crippen molar-refractivity contribution in [2.75, 3.05) is 53.0 Å². The van der Waals surface area contributed by atoms with Gasteiger partial charge in [-0.05, 0) is 60.3 Å². The number of benzene rings is 4. The number of nitrogens with zero attached hydrogens (tertiary/aromatic N) is 1. The number of hydrogen-bond acceptors (Lipinski definition) is 9. The number of pyridine rings is 1. The Kier molecular flexibility index (Phi) is 15.3. The normalized spacial score (nSPS) is 19.1. The van der Waals surface area contributed by atoms with Crippen LogP contribution in [0.2, 0.25) is 0 Å². The largest absolute Gasteiger partial charge is 0.506 e. The van der Waals surface area contributed by atoms with Crippen LogP contribution >= 0.6 is 0 Å². The molecule has 5 N–H and O–H groups in total. The summed E-state index contributed by atoms with van der Waals surface area (Å²) in [5, 5.41) is 28.0. The lowest BCUT2D eigenvalue weighted by atomic mass is 9.83. The van der Waals surface area contributed by atoms with Crippen molar-refractivity contribution in [2.45, 2.75) is 76.0 Å². The van der Waals surface area contributed by atoms with Crippen molar-refractivity contribution in [3.05, 3.63) is 136 Å². The van der Waals surface area contributed by atoms with Crippen molar-refractivity contribution in [2.24, 2.45) is 5.92 Å². The van der Waals surface area contributed by atoms with Gasteiger partial charge in [0.1, 0.15) is 30.3 Å². The van der Waals surface area contributed by atoms with Gasteiger partial charge in [0, 0.05) is 48.4 Å². The van der Waals surface area contributed by atoms with Gasteiger partial charge in [-0.1, -0.05) is 98.8 Å². The molecule has 4 heterocycles. The van der Waals surface area contributed by atoms with Gasteiger partial charge in [-0.25, -0.2) is 4.79 Å². The first kappa shape index (κ1) is 44.4. The summed E-state index contributed by atoms with van der Waals surface area (Å²) in [5.74, 6) is 1.70. The third kappa shape index (κ3) is 11.6. The fourth-order valence-corrected chi connectivity index (χ4v) is 9.18. The van der Waals surface area contributed by atoms with Gasteiger partial charge in [0.15, 0.2) is 6.10 Å². The van der Waals surface area contributed by atoms with Gasteiger partial charge in [-0.3, -0.25) is 9.59 Å². The number of aromatic nitrogens is 1. The zero-order valence-electron chi connectivity index (χ0n) is 35.7. The van der Waals surface area contributed by atoms with Gasteiger partial charge in [0.25, 0.3) is 0 Å². The first-order valence-corrected chi connectivity index (χ1v) is 22.2. The minimum absolute atomic E-state index is 0.0196. The van der Waals surface area contributed by atoms with Crippen molar-refractivity contribution in [3.8, 4) is 17.2 Å². The van der Waals surface area contributed by atoms with E-state index in [4.69, 9.17) is 14.2 Å². The lowest BCUT2D eigenvalue weighted by Crippen LogP contribution is -2.66. The molecule has 3 atom stereocenters. The third-order valence-corrected chi connectivity index (χ3v) is 12.6. The molecule has 0 aliphatic carbocycles. The van der Waals surface area contributed by atoms with Gasteiger partial charge in [-0.2, -0.15) is 0 Å². The molecule has 62 heavy (non-hydrogen) atoms. The standard InChI is InChI=1S/C50H60N4O8/c1-60-39-29-38(30-40(31-39)61-28-14-6-4-2-3-5-13-25-51-32-44(56)41-19-21-43(55)49-42(41)20-22-47(58)52-49)48(37-17-11-8-12-18-37)53-50(59)62-46-34-54(26-23-36(46)24-27-54)33-45(57)35-15-9-7-10-16-35/h7-12,15-22,29-31,36,44,46,48,51,56H,2-6,13-14,23-28,32-34H2,1H3,(H2-,52,53,55,58,59)/p+1/t36?,44?,46-,48?,54?/m0/s1. The number of Topliss-reactive ketones (excluding diaryl/α,β-unsaturated/α-hetero) is 1. The highest BCUT2D eigenvalue weighted by Gasteiger charge is 2.48. The molecule has 12 heteroatoms. The molecule has 1 aromatic heterocycles. The number of piperidine rings is 3. The first-order chi connectivity index (χ1) is 30.2. The number of aromatic amines is 1. The van der Waals surface area contributed by atoms with Crippen molar-refractivity contribution in [1.82, 2.24) is 15.6 Å². The summed E-state index contributed by atoms with van der Waals surface area (Å²) in [4.78, 5) is 41.3. The van der Waals surface area contributed by atoms with Crippen molar-refractivity contribution < 1.29 is 38.5 Å². The maximum atomic E-state index is 13.7. The Hall–Kier alpha value is -5.69. The monoisotopic (exact) mass is 845 g/mol. The second-order valence-corrected chi connectivity index (χ2v) is 17.0. The van der Waals surface area contributed by atoms with Crippen molar-refractivity contribution >= 4 is 22.8 Å². The lowest BCUT2D eigenvalue weighted by Gasteiger charge is -2.51. The summed E-state index contributed by atoms with van der Waals surface area (Å²) in [6, 6.07) is 30.8. The molecule has 2 unspecified atom stereocenters. The third-order valence-electron chi connectivity index (χ3n) is 12.6. The summed E-state index contributed by atoms with van der Waals surface area (Å²) in [6.07, 6.45) is 7.80. The highest BCUT2D eigenvalue weighted by atomic mass is 16.6. The molecule has 0 radical (unpaired) electrons. The number of hydrogen-bond donors (Lipinski definition) is 5. The van der Waals surface area contributed by atoms with E-state index in [1.165, 1.54) is 12.1 Å². The fraction of sp³-hybridized carbons (Fsp3) is 0.420. The van der Waals surface area contributed by atoms with E-state index >= 15 is 0 Å². The number of aromatic hydroxyl groups is 1. The molecule has 0 spiro atoms. The predicted molar refractivity (Wildman–Crippen MR) is 240 cm³/mol. The topological polar surface area (TPSA) is 159 Å². The van der Waals surface area contributed by atoms with E-state index in [2.05, 4.69) is 15.6 Å². The Morgan fingerprint density at radius 1 is 0.823 bits per heavy atom. The second-order valence-electron chi connectivity index (χ2n) is 17.0. The molecule has 0 saturated carbocycles. The van der Waals surface area contributed by atoms with Gasteiger partial charge in [0.05, 0.1) is 44.5 Å². The highest BCUT2D eigenvalue weighted by molar-refractivity contribution is 5.97. The number of rotatable bonds is 22. The van der Waals surface area contributed by atoms with Crippen LogP contribution in [0.15, 0.2) is 108 Å². The number of H-pyrrole nitrogens is 1. The quantitative estimate of drug-likeness (QED) is 0.0265. The highest BCUT2D eigenvalue weighted by Crippen LogP contribution is 2.37. The molecular weight excluding hydrogens is 785 g/mol. The van der Waals surface area contributed by atoms with E-state index < -0.39 is 18.2 Å². The van der Waals surface area contributed by atoms with E-state index in [0.29, 0.717) is 58.7 Å². The summed E-state index contributed by atoms with van der Waals surface area (Å²) in [6.45, 7) is 4.64. The number of alkyl carbamates (subject to hydrolysis) is 1. The molecule has 8 rings (SSSR count). The van der Waals surface area contributed by atoms with Crippen LogP contribution in [-0.2, 0) is 4.74 Å². The number of fused-ring (bicyclic) bond motifs is 4. The SMILES string of the molecule is COc1cc(OCCCCCCCCCNCC(O)c2ccc(O)c3[nH]c(=O)ccc23)cc(C(NC(=O)O[C@H]2C[N+]3(CC(=O)c4ccccc4)CCC2CC3)c2ccccc2)c1. The Morgan fingerprint density at radius 2 is 1.52 bits per heavy atom. The fourth-order valence-electron chi connectivity index (χ4n) is 9.18. The Morgan fingerprint density at radius 3 is 2.26 bits per heavy atom. The zero-order valence-corrected chi connectivity index (χ0v) is 35.7. The molecule has 5 aromatic rings. The lowest BCUT2D eigenvalue weighted by molar-refractivity contribution is -0.938. The predicted octanol–water partition coefficient (Wildman–Crippen LogP) is 7.98. The molecule has 4 aromatic carbocycles. The van der Waals surface area contributed by atoms with Gasteiger partial charge < -0.3 is 44.5 Å². The van der Waals surface area contributed by atoms with Crippen LogP contribution < -0.4 is 25.7 Å². The maximum absolute atomic E-state index is 13.7. The molecule has 2 bridgehead atoms. The number of unbranched alkanes of at least 4 members (excludes halogenated alkanes) is 6. The van der Waals surface area contributed by atoms with Gasteiger partial charge in [0.2, 0.25) is 11.3 Å². The molecular formula is C50H61N4O8+. The number of carbonyl (C=O) groups is 2. The number of nitrogens with one attached hydrogen (secondary N) is 3. The molecule has 3 aliphatic heterocycles. The second kappa shape index (κ2) is 21.4. The van der Waals surface area contributed by atoms with Crippen LogP contribution in [0.3, 0.4) is 0 Å². The van der Waals surface area contributed by atoms with Crippen molar-refractivity contribution in [1.29, 1.82) is 0 Å². The number of aliphatic hydroxyl groups excluding tert-OH is 1. The van der Waals surface area contributed by atoms with Crippen LogP contribution in [0, 0.1) is 5.92 Å². The van der Waals surface area contributed by atoms with Crippen LogP contribution in [0.25, 0.3) is 10.9 Å². The van der Waals surface area contributed by atoms with Gasteiger partial charge >= 0.3 is 6.09 Å². The summed E-state index contributed by atoms with van der Waals surface area (Å²) in [5.41, 5.74) is 3.15.